The molecule has 19 heavy (non-hydrogen) atoms. The summed E-state index contributed by atoms with van der Waals surface area (Å²) in [7, 11) is 0. The predicted octanol–water partition coefficient (Wildman–Crippen LogP) is 1.20. The number of halogens is 1. The van der Waals surface area contributed by atoms with Gasteiger partial charge in [0.2, 0.25) is 5.91 Å². The van der Waals surface area contributed by atoms with Crippen molar-refractivity contribution in [3.8, 4) is 0 Å². The van der Waals surface area contributed by atoms with E-state index in [4.69, 9.17) is 0 Å². The van der Waals surface area contributed by atoms with E-state index in [0.29, 0.717) is 25.3 Å². The Hall–Kier alpha value is -2.11. The Morgan fingerprint density at radius 3 is 2.63 bits per heavy atom. The molecule has 102 valence electrons. The molecule has 3 amide bonds. The van der Waals surface area contributed by atoms with Crippen molar-refractivity contribution >= 4 is 17.6 Å². The van der Waals surface area contributed by atoms with E-state index in [1.165, 1.54) is 17.0 Å². The fourth-order valence-corrected chi connectivity index (χ4v) is 2.02. The molecule has 1 heterocycles. The van der Waals surface area contributed by atoms with Crippen molar-refractivity contribution in [3.05, 3.63) is 30.1 Å². The lowest BCUT2D eigenvalue weighted by molar-refractivity contribution is -0.121. The molecule has 1 aromatic carbocycles. The van der Waals surface area contributed by atoms with Gasteiger partial charge in [0.25, 0.3) is 0 Å². The lowest BCUT2D eigenvalue weighted by atomic mass is 10.3. The van der Waals surface area contributed by atoms with Crippen LogP contribution >= 0.6 is 0 Å². The molecular weight excluding hydrogens is 249 g/mol. The molecule has 1 aliphatic rings. The quantitative estimate of drug-likeness (QED) is 0.889. The molecule has 6 heteroatoms. The predicted molar refractivity (Wildman–Crippen MR) is 69.4 cm³/mol. The van der Waals surface area contributed by atoms with Gasteiger partial charge in [-0.15, -0.1) is 0 Å². The third-order valence-corrected chi connectivity index (χ3v) is 2.94. The zero-order chi connectivity index (χ0) is 13.8. The van der Waals surface area contributed by atoms with Crippen LogP contribution in [0.15, 0.2) is 24.3 Å². The highest BCUT2D eigenvalue weighted by atomic mass is 19.1. The molecule has 1 aromatic rings. The zero-order valence-electron chi connectivity index (χ0n) is 10.7. The third kappa shape index (κ3) is 3.01. The van der Waals surface area contributed by atoms with Gasteiger partial charge in [-0.25, -0.2) is 9.18 Å². The summed E-state index contributed by atoms with van der Waals surface area (Å²) in [5.74, 6) is -0.508. The molecule has 1 fully saturated rings. The van der Waals surface area contributed by atoms with Crippen molar-refractivity contribution in [2.45, 2.75) is 6.92 Å². The lowest BCUT2D eigenvalue weighted by Crippen LogP contribution is -2.39. The summed E-state index contributed by atoms with van der Waals surface area (Å²) >= 11 is 0. The molecule has 0 aromatic heterocycles. The second-order valence-corrected chi connectivity index (χ2v) is 4.29. The number of anilines is 1. The Kier molecular flexibility index (Phi) is 3.99. The van der Waals surface area contributed by atoms with E-state index in [1.807, 2.05) is 6.92 Å². The first kappa shape index (κ1) is 13.3. The number of urea groups is 1. The van der Waals surface area contributed by atoms with Crippen LogP contribution in [-0.4, -0.2) is 43.0 Å². The first-order valence-corrected chi connectivity index (χ1v) is 6.20. The van der Waals surface area contributed by atoms with E-state index in [-0.39, 0.29) is 24.3 Å². The summed E-state index contributed by atoms with van der Waals surface area (Å²) in [6, 6.07) is 5.52. The summed E-state index contributed by atoms with van der Waals surface area (Å²) in [5, 5.41) is 2.65. The highest BCUT2D eigenvalue weighted by molar-refractivity contribution is 5.96. The minimum Gasteiger partial charge on any atom is -0.355 e. The number of nitrogens with one attached hydrogen (secondary N) is 1. The Labute approximate surface area is 111 Å². The maximum Gasteiger partial charge on any atom is 0.325 e. The minimum absolute atomic E-state index is 0.0599. The minimum atomic E-state index is -0.338. The molecule has 0 aliphatic carbocycles. The Morgan fingerprint density at radius 1 is 1.32 bits per heavy atom. The van der Waals surface area contributed by atoms with Gasteiger partial charge in [0.05, 0.1) is 0 Å². The smallest absolute Gasteiger partial charge is 0.325 e. The van der Waals surface area contributed by atoms with Gasteiger partial charge in [0, 0.05) is 25.3 Å². The van der Waals surface area contributed by atoms with Crippen molar-refractivity contribution in [2.24, 2.45) is 0 Å². The number of carbonyl (C=O) groups excluding carboxylic acids is 2. The number of benzene rings is 1. The van der Waals surface area contributed by atoms with Crippen LogP contribution in [0.4, 0.5) is 14.9 Å². The number of rotatable bonds is 4. The molecule has 0 spiro atoms. The maximum absolute atomic E-state index is 12.8. The normalized spacial score (nSPS) is 14.9. The van der Waals surface area contributed by atoms with Crippen LogP contribution < -0.4 is 10.2 Å². The molecule has 0 unspecified atom stereocenters. The fourth-order valence-electron chi connectivity index (χ4n) is 2.02. The fraction of sp³-hybridized carbons (Fsp3) is 0.385. The van der Waals surface area contributed by atoms with Gasteiger partial charge >= 0.3 is 6.03 Å². The molecule has 1 aliphatic heterocycles. The second-order valence-electron chi connectivity index (χ2n) is 4.29. The molecule has 0 atom stereocenters. The van der Waals surface area contributed by atoms with Crippen LogP contribution in [-0.2, 0) is 4.79 Å². The third-order valence-electron chi connectivity index (χ3n) is 2.94. The SMILES string of the molecule is CCNC(=O)CN1CCN(c2ccc(F)cc2)C1=O. The van der Waals surface area contributed by atoms with Crippen molar-refractivity contribution in [2.75, 3.05) is 31.1 Å². The second kappa shape index (κ2) is 5.69. The number of carbonyl (C=O) groups is 2. The molecule has 0 saturated carbocycles. The van der Waals surface area contributed by atoms with Gasteiger partial charge in [0.15, 0.2) is 0 Å². The van der Waals surface area contributed by atoms with Crippen molar-refractivity contribution in [1.82, 2.24) is 10.2 Å². The molecular formula is C13H16FN3O2. The first-order chi connectivity index (χ1) is 9.11. The molecule has 1 N–H and O–H groups in total. The zero-order valence-corrected chi connectivity index (χ0v) is 10.7. The Bertz CT molecular complexity index is 475. The van der Waals surface area contributed by atoms with Crippen LogP contribution in [0, 0.1) is 5.82 Å². The standard InChI is InChI=1S/C13H16FN3O2/c1-2-15-12(18)9-16-7-8-17(13(16)19)11-5-3-10(14)4-6-11/h3-6H,2,7-9H2,1H3,(H,15,18). The maximum atomic E-state index is 12.8. The molecule has 2 rings (SSSR count). The van der Waals surface area contributed by atoms with E-state index < -0.39 is 0 Å². The van der Waals surface area contributed by atoms with Crippen LogP contribution in [0.1, 0.15) is 6.92 Å². The van der Waals surface area contributed by atoms with E-state index in [0.717, 1.165) is 0 Å². The number of hydrogen-bond donors (Lipinski definition) is 1. The molecule has 1 saturated heterocycles. The van der Waals surface area contributed by atoms with E-state index in [1.54, 1.807) is 17.0 Å². The van der Waals surface area contributed by atoms with Gasteiger partial charge in [0.1, 0.15) is 12.4 Å². The van der Waals surface area contributed by atoms with Gasteiger partial charge in [-0.1, -0.05) is 0 Å². The highest BCUT2D eigenvalue weighted by Gasteiger charge is 2.30. The number of amides is 3. The lowest BCUT2D eigenvalue weighted by Gasteiger charge is -2.18. The van der Waals surface area contributed by atoms with E-state index >= 15 is 0 Å². The molecule has 0 bridgehead atoms. The van der Waals surface area contributed by atoms with Crippen LogP contribution in [0.5, 0.6) is 0 Å². The molecule has 0 radical (unpaired) electrons. The topological polar surface area (TPSA) is 52.7 Å². The summed E-state index contributed by atoms with van der Waals surface area (Å²) in [6.45, 7) is 3.43. The number of hydrogen-bond acceptors (Lipinski definition) is 2. The summed E-state index contributed by atoms with van der Waals surface area (Å²) in [4.78, 5) is 26.6. The van der Waals surface area contributed by atoms with Crippen LogP contribution in [0.25, 0.3) is 0 Å². The van der Waals surface area contributed by atoms with E-state index in [2.05, 4.69) is 5.32 Å². The summed E-state index contributed by atoms with van der Waals surface area (Å²) in [5.41, 5.74) is 0.643. The van der Waals surface area contributed by atoms with Crippen LogP contribution in [0.2, 0.25) is 0 Å². The summed E-state index contributed by atoms with van der Waals surface area (Å²) < 4.78 is 12.8. The van der Waals surface area contributed by atoms with Crippen molar-refractivity contribution in [1.29, 1.82) is 0 Å². The highest BCUT2D eigenvalue weighted by Crippen LogP contribution is 2.20. The number of nitrogens with zero attached hydrogens (tertiary/aromatic N) is 2. The van der Waals surface area contributed by atoms with Crippen molar-refractivity contribution in [3.63, 3.8) is 0 Å². The van der Waals surface area contributed by atoms with Crippen molar-refractivity contribution < 1.29 is 14.0 Å². The van der Waals surface area contributed by atoms with E-state index in [9.17, 15) is 14.0 Å². The van der Waals surface area contributed by atoms with Gasteiger partial charge in [-0.05, 0) is 31.2 Å². The largest absolute Gasteiger partial charge is 0.355 e. The average molecular weight is 265 g/mol. The Balaban J connectivity index is 2.01. The summed E-state index contributed by atoms with van der Waals surface area (Å²) in [6.07, 6.45) is 0. The number of likely N-dealkylation sites (N-methyl/N-ethyl adjacent to an activating group) is 1. The molecule has 5 nitrogen and oxygen atoms in total. The van der Waals surface area contributed by atoms with Gasteiger partial charge in [-0.2, -0.15) is 0 Å². The first-order valence-electron chi connectivity index (χ1n) is 6.20. The Morgan fingerprint density at radius 2 is 2.00 bits per heavy atom. The van der Waals surface area contributed by atoms with Gasteiger partial charge < -0.3 is 10.2 Å². The van der Waals surface area contributed by atoms with Crippen LogP contribution in [0.3, 0.4) is 0 Å². The van der Waals surface area contributed by atoms with Gasteiger partial charge in [-0.3, -0.25) is 9.69 Å². The average Bonchev–Trinajstić information content (AvgIpc) is 2.73. The monoisotopic (exact) mass is 265 g/mol.